The van der Waals surface area contributed by atoms with Crippen molar-refractivity contribution in [1.29, 1.82) is 0 Å². The zero-order valence-electron chi connectivity index (χ0n) is 13.7. The van der Waals surface area contributed by atoms with Crippen LogP contribution in [0.1, 0.15) is 25.7 Å². The minimum Gasteiger partial charge on any atom is -0.478 e. The summed E-state index contributed by atoms with van der Waals surface area (Å²) in [6.07, 6.45) is 3.28. The molecule has 6 nitrogen and oxygen atoms in total. The molecule has 0 amide bonds. The molecule has 1 saturated heterocycles. The van der Waals surface area contributed by atoms with Crippen LogP contribution >= 0.6 is 0 Å². The number of fused-ring (bicyclic) bond motifs is 1. The molecule has 0 aromatic rings. The van der Waals surface area contributed by atoms with Gasteiger partial charge in [0.05, 0.1) is 0 Å². The van der Waals surface area contributed by atoms with E-state index < -0.39 is 18.1 Å². The lowest BCUT2D eigenvalue weighted by atomic mass is 9.73. The third-order valence-electron chi connectivity index (χ3n) is 5.93. The molecule has 132 valence electrons. The highest BCUT2D eigenvalue weighted by Crippen LogP contribution is 2.42. The van der Waals surface area contributed by atoms with Gasteiger partial charge in [0.1, 0.15) is 11.7 Å². The first kappa shape index (κ1) is 16.0. The van der Waals surface area contributed by atoms with Crippen LogP contribution < -0.4 is 5.32 Å². The summed E-state index contributed by atoms with van der Waals surface area (Å²) in [5.41, 5.74) is -0.170. The molecule has 2 aliphatic heterocycles. The van der Waals surface area contributed by atoms with Gasteiger partial charge in [-0.1, -0.05) is 0 Å². The summed E-state index contributed by atoms with van der Waals surface area (Å²) < 4.78 is 14.8. The normalized spacial score (nSPS) is 37.8. The van der Waals surface area contributed by atoms with Gasteiger partial charge in [-0.2, -0.15) is 0 Å². The van der Waals surface area contributed by atoms with Gasteiger partial charge in [0.2, 0.25) is 0 Å². The smallest absolute Gasteiger partial charge is 0.340 e. The second-order valence-corrected chi connectivity index (χ2v) is 7.41. The van der Waals surface area contributed by atoms with Gasteiger partial charge in [-0.05, 0) is 25.7 Å². The number of ketones is 1. The van der Waals surface area contributed by atoms with E-state index in [9.17, 15) is 19.1 Å². The lowest BCUT2D eigenvalue weighted by molar-refractivity contribution is -0.138. The van der Waals surface area contributed by atoms with Crippen molar-refractivity contribution in [1.82, 2.24) is 15.1 Å². The summed E-state index contributed by atoms with van der Waals surface area (Å²) in [4.78, 5) is 28.2. The Labute approximate surface area is 140 Å². The molecule has 4 atom stereocenters. The highest BCUT2D eigenvalue weighted by Gasteiger charge is 2.51. The predicted octanol–water partition coefficient (Wildman–Crippen LogP) is 0.393. The van der Waals surface area contributed by atoms with Crippen molar-refractivity contribution >= 4 is 11.8 Å². The van der Waals surface area contributed by atoms with Gasteiger partial charge in [-0.25, -0.2) is 9.18 Å². The lowest BCUT2D eigenvalue weighted by Crippen LogP contribution is -2.60. The van der Waals surface area contributed by atoms with Crippen LogP contribution in [0.4, 0.5) is 4.39 Å². The van der Waals surface area contributed by atoms with Crippen LogP contribution in [0.5, 0.6) is 0 Å². The Morgan fingerprint density at radius 1 is 1.21 bits per heavy atom. The van der Waals surface area contributed by atoms with Crippen molar-refractivity contribution in [3.8, 4) is 0 Å². The SMILES string of the molecule is O=C(O)C1=CN(C2CC2)C2CC(N3CCNCC3)C(F)CC2C1=O. The Kier molecular flexibility index (Phi) is 4.08. The third kappa shape index (κ3) is 2.73. The molecular formula is C17H24FN3O3. The van der Waals surface area contributed by atoms with E-state index in [2.05, 4.69) is 15.1 Å². The van der Waals surface area contributed by atoms with Gasteiger partial charge in [-0.3, -0.25) is 9.69 Å². The number of nitrogens with zero attached hydrogens (tertiary/aromatic N) is 2. The number of halogens is 1. The van der Waals surface area contributed by atoms with Gasteiger partial charge in [-0.15, -0.1) is 0 Å². The molecule has 4 aliphatic rings. The van der Waals surface area contributed by atoms with E-state index in [0.717, 1.165) is 39.0 Å². The first-order chi connectivity index (χ1) is 11.6. The minimum absolute atomic E-state index is 0.0556. The fourth-order valence-corrected chi connectivity index (χ4v) is 4.54. The highest BCUT2D eigenvalue weighted by atomic mass is 19.1. The fourth-order valence-electron chi connectivity index (χ4n) is 4.54. The number of hydrogen-bond donors (Lipinski definition) is 2. The van der Waals surface area contributed by atoms with Crippen LogP contribution in [0.3, 0.4) is 0 Å². The molecule has 0 aromatic carbocycles. The Morgan fingerprint density at radius 3 is 2.54 bits per heavy atom. The number of nitrogens with one attached hydrogen (secondary N) is 1. The molecule has 0 radical (unpaired) electrons. The summed E-state index contributed by atoms with van der Waals surface area (Å²) in [6, 6.07) is 0.0990. The van der Waals surface area contributed by atoms with Crippen LogP contribution in [0.25, 0.3) is 0 Å². The number of piperazine rings is 1. The van der Waals surface area contributed by atoms with Crippen LogP contribution in [0, 0.1) is 5.92 Å². The maximum Gasteiger partial charge on any atom is 0.340 e. The van der Waals surface area contributed by atoms with Gasteiger partial charge in [0, 0.05) is 56.4 Å². The number of carboxylic acids is 1. The number of carbonyl (C=O) groups is 2. The molecule has 3 fully saturated rings. The number of Topliss-reactive ketones (excluding diaryl/α,β-unsaturated/α-hetero) is 1. The number of carbonyl (C=O) groups excluding carboxylic acids is 1. The largest absolute Gasteiger partial charge is 0.478 e. The van der Waals surface area contributed by atoms with Crippen LogP contribution in [0.2, 0.25) is 0 Å². The van der Waals surface area contributed by atoms with Crippen LogP contribution in [0.15, 0.2) is 11.8 Å². The molecule has 2 N–H and O–H groups in total. The van der Waals surface area contributed by atoms with E-state index in [1.807, 2.05) is 0 Å². The number of rotatable bonds is 3. The van der Waals surface area contributed by atoms with Gasteiger partial charge >= 0.3 is 5.97 Å². The Balaban J connectivity index is 1.60. The summed E-state index contributed by atoms with van der Waals surface area (Å²) in [5.74, 6) is -2.09. The second kappa shape index (κ2) is 6.11. The van der Waals surface area contributed by atoms with Crippen molar-refractivity contribution in [2.75, 3.05) is 26.2 Å². The second-order valence-electron chi connectivity index (χ2n) is 7.41. The molecule has 0 bridgehead atoms. The van der Waals surface area contributed by atoms with Crippen molar-refractivity contribution < 1.29 is 19.1 Å². The zero-order chi connectivity index (χ0) is 16.8. The molecule has 0 aromatic heterocycles. The van der Waals surface area contributed by atoms with Gasteiger partial charge < -0.3 is 15.3 Å². The molecule has 2 saturated carbocycles. The van der Waals surface area contributed by atoms with E-state index in [-0.39, 0.29) is 29.9 Å². The Bertz CT molecular complexity index is 571. The maximum atomic E-state index is 14.8. The zero-order valence-corrected chi connectivity index (χ0v) is 13.7. The van der Waals surface area contributed by atoms with Crippen LogP contribution in [-0.4, -0.2) is 77.1 Å². The van der Waals surface area contributed by atoms with Crippen molar-refractivity contribution in [3.63, 3.8) is 0 Å². The molecule has 0 spiro atoms. The molecular weight excluding hydrogens is 313 g/mol. The van der Waals surface area contributed by atoms with Crippen LogP contribution in [-0.2, 0) is 9.59 Å². The van der Waals surface area contributed by atoms with E-state index in [4.69, 9.17) is 0 Å². The first-order valence-electron chi connectivity index (χ1n) is 8.92. The van der Waals surface area contributed by atoms with E-state index >= 15 is 0 Å². The van der Waals surface area contributed by atoms with E-state index in [0.29, 0.717) is 12.5 Å². The predicted molar refractivity (Wildman–Crippen MR) is 85.2 cm³/mol. The highest BCUT2D eigenvalue weighted by molar-refractivity contribution is 6.18. The minimum atomic E-state index is -1.19. The maximum absolute atomic E-state index is 14.8. The molecule has 2 heterocycles. The number of alkyl halides is 1. The lowest BCUT2D eigenvalue weighted by Gasteiger charge is -2.49. The Hall–Kier alpha value is -1.47. The summed E-state index contributed by atoms with van der Waals surface area (Å²) in [5, 5.41) is 12.6. The average Bonchev–Trinajstić information content (AvgIpc) is 3.40. The summed E-state index contributed by atoms with van der Waals surface area (Å²) in [6.45, 7) is 3.39. The van der Waals surface area contributed by atoms with Crippen molar-refractivity contribution in [3.05, 3.63) is 11.8 Å². The van der Waals surface area contributed by atoms with Gasteiger partial charge in [0.15, 0.2) is 5.78 Å². The molecule has 7 heteroatoms. The first-order valence-corrected chi connectivity index (χ1v) is 8.92. The van der Waals surface area contributed by atoms with Crippen molar-refractivity contribution in [2.24, 2.45) is 5.92 Å². The molecule has 4 unspecified atom stereocenters. The average molecular weight is 337 g/mol. The van der Waals surface area contributed by atoms with E-state index in [1.165, 1.54) is 6.20 Å². The quantitative estimate of drug-likeness (QED) is 0.726. The number of carboxylic acid groups (broad SMARTS) is 1. The fraction of sp³-hybridized carbons (Fsp3) is 0.765. The van der Waals surface area contributed by atoms with Crippen molar-refractivity contribution in [2.45, 2.75) is 50.0 Å². The standard InChI is InChI=1S/C17H24FN3O3/c18-13-7-11-14(8-15(13)20-5-3-19-4-6-20)21(10-1-2-10)9-12(16(11)22)17(23)24/h9-11,13-15,19H,1-8H2,(H,23,24). The number of aliphatic carboxylic acids is 1. The summed E-state index contributed by atoms with van der Waals surface area (Å²) >= 11 is 0. The molecule has 4 rings (SSSR count). The number of hydrogen-bond acceptors (Lipinski definition) is 5. The van der Waals surface area contributed by atoms with E-state index in [1.54, 1.807) is 0 Å². The third-order valence-corrected chi connectivity index (χ3v) is 5.93. The molecule has 2 aliphatic carbocycles. The Morgan fingerprint density at radius 2 is 1.92 bits per heavy atom. The monoisotopic (exact) mass is 337 g/mol. The summed E-state index contributed by atoms with van der Waals surface area (Å²) in [7, 11) is 0. The topological polar surface area (TPSA) is 72.9 Å². The van der Waals surface area contributed by atoms with Gasteiger partial charge in [0.25, 0.3) is 0 Å². The molecule has 24 heavy (non-hydrogen) atoms.